The monoisotopic (exact) mass is 424 g/mol. The third-order valence-electron chi connectivity index (χ3n) is 4.43. The van der Waals surface area contributed by atoms with Crippen molar-refractivity contribution in [3.8, 4) is 5.75 Å². The van der Waals surface area contributed by atoms with Crippen LogP contribution in [-0.4, -0.2) is 20.9 Å². The van der Waals surface area contributed by atoms with E-state index in [1.54, 1.807) is 61.5 Å². The lowest BCUT2D eigenvalue weighted by atomic mass is 10.2. The zero-order chi connectivity index (χ0) is 21.7. The Labute approximate surface area is 177 Å². The summed E-state index contributed by atoms with van der Waals surface area (Å²) < 4.78 is 33.6. The average Bonchev–Trinajstić information content (AvgIpc) is 2.71. The number of carbonyl (C=O) groups is 1. The number of amides is 1. The summed E-state index contributed by atoms with van der Waals surface area (Å²) in [4.78, 5) is 12.8. The molecule has 0 aliphatic carbocycles. The maximum Gasteiger partial charge on any atom is 0.262 e. The molecule has 30 heavy (non-hydrogen) atoms. The molecule has 3 aromatic rings. The fourth-order valence-electron chi connectivity index (χ4n) is 2.94. The molecule has 2 N–H and O–H groups in total. The van der Waals surface area contributed by atoms with Crippen molar-refractivity contribution >= 4 is 27.3 Å². The fraction of sp³-hybridized carbons (Fsp3) is 0.174. The quantitative estimate of drug-likeness (QED) is 0.573. The average molecular weight is 425 g/mol. The van der Waals surface area contributed by atoms with E-state index >= 15 is 0 Å². The second-order valence-electron chi connectivity index (χ2n) is 6.87. The van der Waals surface area contributed by atoms with E-state index in [4.69, 9.17) is 4.74 Å². The van der Waals surface area contributed by atoms with Gasteiger partial charge in [0.1, 0.15) is 5.75 Å². The standard InChI is InChI=1S/C23H24N2O4S/c1-4-29-21-12-10-19(11-13-21)24-23(26)18-6-5-7-20(15-18)25-30(27,28)22-14-16(2)8-9-17(22)3/h5-15,25H,4H2,1-3H3,(H,24,26). The van der Waals surface area contributed by atoms with Gasteiger partial charge >= 0.3 is 0 Å². The summed E-state index contributed by atoms with van der Waals surface area (Å²) in [5.74, 6) is 0.380. The SMILES string of the molecule is CCOc1ccc(NC(=O)c2cccc(NS(=O)(=O)c3cc(C)ccc3C)c2)cc1. The molecular weight excluding hydrogens is 400 g/mol. The number of sulfonamides is 1. The zero-order valence-corrected chi connectivity index (χ0v) is 17.9. The molecule has 0 saturated heterocycles. The van der Waals surface area contributed by atoms with Gasteiger partial charge in [-0.2, -0.15) is 0 Å². The van der Waals surface area contributed by atoms with Gasteiger partial charge in [0.15, 0.2) is 0 Å². The van der Waals surface area contributed by atoms with Crippen molar-refractivity contribution in [1.29, 1.82) is 0 Å². The number of aryl methyl sites for hydroxylation is 2. The molecule has 0 heterocycles. The summed E-state index contributed by atoms with van der Waals surface area (Å²) in [5, 5.41) is 2.79. The van der Waals surface area contributed by atoms with Crippen LogP contribution in [0.1, 0.15) is 28.4 Å². The van der Waals surface area contributed by atoms with Crippen molar-refractivity contribution < 1.29 is 17.9 Å². The Balaban J connectivity index is 1.77. The second-order valence-corrected chi connectivity index (χ2v) is 8.52. The van der Waals surface area contributed by atoms with Gasteiger partial charge in [-0.25, -0.2) is 8.42 Å². The molecule has 0 spiro atoms. The summed E-state index contributed by atoms with van der Waals surface area (Å²) in [6.45, 7) is 6.05. The predicted molar refractivity (Wildman–Crippen MR) is 119 cm³/mol. The van der Waals surface area contributed by atoms with Crippen molar-refractivity contribution in [2.75, 3.05) is 16.6 Å². The minimum absolute atomic E-state index is 0.215. The zero-order valence-electron chi connectivity index (χ0n) is 17.1. The minimum atomic E-state index is -3.77. The van der Waals surface area contributed by atoms with Crippen molar-refractivity contribution in [3.05, 3.63) is 83.4 Å². The molecular formula is C23H24N2O4S. The van der Waals surface area contributed by atoms with E-state index in [2.05, 4.69) is 10.0 Å². The Morgan fingerprint density at radius 1 is 0.933 bits per heavy atom. The van der Waals surface area contributed by atoms with Crippen molar-refractivity contribution in [2.45, 2.75) is 25.7 Å². The number of nitrogens with one attached hydrogen (secondary N) is 2. The second kappa shape index (κ2) is 9.00. The molecule has 0 fully saturated rings. The number of anilines is 2. The van der Waals surface area contributed by atoms with E-state index in [9.17, 15) is 13.2 Å². The molecule has 0 aliphatic rings. The first-order valence-corrected chi connectivity index (χ1v) is 11.0. The number of hydrogen-bond acceptors (Lipinski definition) is 4. The molecule has 1 amide bonds. The van der Waals surface area contributed by atoms with Gasteiger partial charge in [-0.05, 0) is 80.4 Å². The number of ether oxygens (including phenoxy) is 1. The summed E-state index contributed by atoms with van der Waals surface area (Å²) in [6, 6.07) is 18.7. The van der Waals surface area contributed by atoms with E-state index < -0.39 is 10.0 Å². The minimum Gasteiger partial charge on any atom is -0.494 e. The Hall–Kier alpha value is -3.32. The Kier molecular flexibility index (Phi) is 6.42. The largest absolute Gasteiger partial charge is 0.494 e. The molecule has 6 nitrogen and oxygen atoms in total. The maximum atomic E-state index is 12.8. The van der Waals surface area contributed by atoms with Gasteiger partial charge in [0.25, 0.3) is 15.9 Å². The number of benzene rings is 3. The van der Waals surface area contributed by atoms with Gasteiger partial charge in [0.05, 0.1) is 11.5 Å². The molecule has 0 aromatic heterocycles. The van der Waals surface area contributed by atoms with Crippen LogP contribution in [0.5, 0.6) is 5.75 Å². The maximum absolute atomic E-state index is 12.8. The predicted octanol–water partition coefficient (Wildman–Crippen LogP) is 4.76. The van der Waals surface area contributed by atoms with Crippen LogP contribution in [-0.2, 0) is 10.0 Å². The van der Waals surface area contributed by atoms with Crippen LogP contribution >= 0.6 is 0 Å². The lowest BCUT2D eigenvalue weighted by Crippen LogP contribution is -2.16. The van der Waals surface area contributed by atoms with E-state index in [1.807, 2.05) is 19.9 Å². The van der Waals surface area contributed by atoms with E-state index in [-0.39, 0.29) is 10.8 Å². The summed E-state index contributed by atoms with van der Waals surface area (Å²) in [6.07, 6.45) is 0. The molecule has 3 rings (SSSR count). The van der Waals surface area contributed by atoms with Crippen LogP contribution in [0, 0.1) is 13.8 Å². The highest BCUT2D eigenvalue weighted by atomic mass is 32.2. The summed E-state index contributed by atoms with van der Waals surface area (Å²) >= 11 is 0. The first kappa shape index (κ1) is 21.4. The van der Waals surface area contributed by atoms with Crippen LogP contribution in [0.3, 0.4) is 0 Å². The van der Waals surface area contributed by atoms with Gasteiger partial charge in [-0.3, -0.25) is 9.52 Å². The van der Waals surface area contributed by atoms with Crippen LogP contribution in [0.2, 0.25) is 0 Å². The van der Waals surface area contributed by atoms with Gasteiger partial charge in [0, 0.05) is 16.9 Å². The summed E-state index contributed by atoms with van der Waals surface area (Å²) in [5.41, 5.74) is 2.77. The van der Waals surface area contributed by atoms with Crippen LogP contribution in [0.4, 0.5) is 11.4 Å². The Morgan fingerprint density at radius 2 is 1.67 bits per heavy atom. The Morgan fingerprint density at radius 3 is 2.37 bits per heavy atom. The summed E-state index contributed by atoms with van der Waals surface area (Å²) in [7, 11) is -3.77. The molecule has 0 aliphatic heterocycles. The molecule has 0 unspecified atom stereocenters. The first-order valence-electron chi connectivity index (χ1n) is 9.53. The molecule has 0 atom stereocenters. The van der Waals surface area contributed by atoms with Crippen LogP contribution in [0.25, 0.3) is 0 Å². The number of rotatable bonds is 7. The highest BCUT2D eigenvalue weighted by Gasteiger charge is 2.18. The third-order valence-corrected chi connectivity index (χ3v) is 5.96. The van der Waals surface area contributed by atoms with Gasteiger partial charge in [0.2, 0.25) is 0 Å². The van der Waals surface area contributed by atoms with Crippen molar-refractivity contribution in [1.82, 2.24) is 0 Å². The normalized spacial score (nSPS) is 11.0. The van der Waals surface area contributed by atoms with Crippen LogP contribution < -0.4 is 14.8 Å². The smallest absolute Gasteiger partial charge is 0.262 e. The Bertz CT molecular complexity index is 1160. The number of carbonyl (C=O) groups excluding carboxylic acids is 1. The van der Waals surface area contributed by atoms with Crippen molar-refractivity contribution in [3.63, 3.8) is 0 Å². The molecule has 156 valence electrons. The molecule has 0 radical (unpaired) electrons. The highest BCUT2D eigenvalue weighted by molar-refractivity contribution is 7.92. The molecule has 7 heteroatoms. The topological polar surface area (TPSA) is 84.5 Å². The van der Waals surface area contributed by atoms with Gasteiger partial charge < -0.3 is 10.1 Å². The molecule has 0 saturated carbocycles. The van der Waals surface area contributed by atoms with E-state index in [0.717, 1.165) is 11.3 Å². The molecule has 3 aromatic carbocycles. The highest BCUT2D eigenvalue weighted by Crippen LogP contribution is 2.22. The number of hydrogen-bond donors (Lipinski definition) is 2. The van der Waals surface area contributed by atoms with E-state index in [1.165, 1.54) is 6.07 Å². The van der Waals surface area contributed by atoms with Gasteiger partial charge in [-0.15, -0.1) is 0 Å². The van der Waals surface area contributed by atoms with Crippen molar-refractivity contribution in [2.24, 2.45) is 0 Å². The lowest BCUT2D eigenvalue weighted by molar-refractivity contribution is 0.102. The van der Waals surface area contributed by atoms with Gasteiger partial charge in [-0.1, -0.05) is 18.2 Å². The first-order chi connectivity index (χ1) is 14.3. The van der Waals surface area contributed by atoms with E-state index in [0.29, 0.717) is 29.1 Å². The molecule has 0 bridgehead atoms. The fourth-order valence-corrected chi connectivity index (χ4v) is 4.32. The third kappa shape index (κ3) is 5.18. The lowest BCUT2D eigenvalue weighted by Gasteiger charge is -2.12. The van der Waals surface area contributed by atoms with Crippen LogP contribution in [0.15, 0.2) is 71.6 Å².